The standard InChI is InChI=1S/C14H19ClN2O/c1-9(2)14(5-6-14)8-17-13(18)11-7-10(15)3-4-12(11)16/h3-4,7,9H,5-6,8,16H2,1-2H3,(H,17,18). The molecule has 0 saturated heterocycles. The molecule has 98 valence electrons. The van der Waals surface area contributed by atoms with Crippen molar-refractivity contribution in [2.75, 3.05) is 12.3 Å². The molecule has 0 atom stereocenters. The summed E-state index contributed by atoms with van der Waals surface area (Å²) in [6.45, 7) is 5.12. The molecule has 1 aliphatic carbocycles. The molecule has 0 radical (unpaired) electrons. The van der Waals surface area contributed by atoms with Gasteiger partial charge in [-0.1, -0.05) is 25.4 Å². The van der Waals surface area contributed by atoms with Crippen LogP contribution in [0.25, 0.3) is 0 Å². The molecule has 4 heteroatoms. The van der Waals surface area contributed by atoms with E-state index in [2.05, 4.69) is 19.2 Å². The highest BCUT2D eigenvalue weighted by molar-refractivity contribution is 6.31. The number of nitrogen functional groups attached to an aromatic ring is 1. The third kappa shape index (κ3) is 2.61. The summed E-state index contributed by atoms with van der Waals surface area (Å²) in [4.78, 5) is 12.1. The average Bonchev–Trinajstić information content (AvgIpc) is 3.10. The van der Waals surface area contributed by atoms with E-state index in [1.807, 2.05) is 0 Å². The summed E-state index contributed by atoms with van der Waals surface area (Å²) >= 11 is 5.88. The second-order valence-corrected chi connectivity index (χ2v) is 5.87. The SMILES string of the molecule is CC(C)C1(CNC(=O)c2cc(Cl)ccc2N)CC1. The highest BCUT2D eigenvalue weighted by Gasteiger charge is 2.45. The lowest BCUT2D eigenvalue weighted by molar-refractivity contribution is 0.0940. The molecule has 0 unspecified atom stereocenters. The van der Waals surface area contributed by atoms with E-state index < -0.39 is 0 Å². The van der Waals surface area contributed by atoms with Crippen LogP contribution in [0.4, 0.5) is 5.69 Å². The Balaban J connectivity index is 2.02. The summed E-state index contributed by atoms with van der Waals surface area (Å²) in [6, 6.07) is 4.96. The topological polar surface area (TPSA) is 55.1 Å². The average molecular weight is 267 g/mol. The van der Waals surface area contributed by atoms with Gasteiger partial charge in [0.25, 0.3) is 5.91 Å². The lowest BCUT2D eigenvalue weighted by Gasteiger charge is -2.20. The van der Waals surface area contributed by atoms with Crippen molar-refractivity contribution in [3.63, 3.8) is 0 Å². The maximum atomic E-state index is 12.1. The van der Waals surface area contributed by atoms with Gasteiger partial charge in [-0.3, -0.25) is 4.79 Å². The van der Waals surface area contributed by atoms with Gasteiger partial charge in [0.05, 0.1) is 5.56 Å². The minimum Gasteiger partial charge on any atom is -0.398 e. The Bertz CT molecular complexity index is 467. The lowest BCUT2D eigenvalue weighted by Crippen LogP contribution is -2.33. The summed E-state index contributed by atoms with van der Waals surface area (Å²) < 4.78 is 0. The number of carbonyl (C=O) groups excluding carboxylic acids is 1. The zero-order valence-corrected chi connectivity index (χ0v) is 11.6. The number of benzene rings is 1. The first-order valence-corrected chi connectivity index (χ1v) is 6.66. The fourth-order valence-corrected chi connectivity index (χ4v) is 2.37. The molecule has 1 aromatic rings. The van der Waals surface area contributed by atoms with Gasteiger partial charge in [-0.25, -0.2) is 0 Å². The van der Waals surface area contributed by atoms with Gasteiger partial charge >= 0.3 is 0 Å². The number of hydrogen-bond donors (Lipinski definition) is 2. The maximum Gasteiger partial charge on any atom is 0.253 e. The molecule has 1 fully saturated rings. The molecule has 1 aromatic carbocycles. The molecule has 1 saturated carbocycles. The predicted octanol–water partition coefficient (Wildman–Crippen LogP) is 3.09. The van der Waals surface area contributed by atoms with Crippen LogP contribution in [0.1, 0.15) is 37.0 Å². The Labute approximate surface area is 113 Å². The third-order valence-electron chi connectivity index (χ3n) is 3.98. The monoisotopic (exact) mass is 266 g/mol. The summed E-state index contributed by atoms with van der Waals surface area (Å²) in [6.07, 6.45) is 2.38. The fraction of sp³-hybridized carbons (Fsp3) is 0.500. The van der Waals surface area contributed by atoms with Crippen molar-refractivity contribution >= 4 is 23.2 Å². The molecule has 0 aliphatic heterocycles. The molecule has 1 aliphatic rings. The predicted molar refractivity (Wildman–Crippen MR) is 74.7 cm³/mol. The number of nitrogens with one attached hydrogen (secondary N) is 1. The number of anilines is 1. The Hall–Kier alpha value is -1.22. The van der Waals surface area contributed by atoms with Crippen LogP contribution < -0.4 is 11.1 Å². The zero-order valence-electron chi connectivity index (χ0n) is 10.8. The van der Waals surface area contributed by atoms with Crippen molar-refractivity contribution in [2.24, 2.45) is 11.3 Å². The summed E-state index contributed by atoms with van der Waals surface area (Å²) in [7, 11) is 0. The molecule has 0 spiro atoms. The van der Waals surface area contributed by atoms with E-state index in [-0.39, 0.29) is 5.91 Å². The largest absolute Gasteiger partial charge is 0.398 e. The van der Waals surface area contributed by atoms with Crippen LogP contribution >= 0.6 is 11.6 Å². The summed E-state index contributed by atoms with van der Waals surface area (Å²) in [5.41, 5.74) is 7.00. The summed E-state index contributed by atoms with van der Waals surface area (Å²) in [5.74, 6) is 0.455. The molecule has 0 bridgehead atoms. The van der Waals surface area contributed by atoms with Crippen molar-refractivity contribution in [2.45, 2.75) is 26.7 Å². The Morgan fingerprint density at radius 2 is 2.17 bits per heavy atom. The molecule has 18 heavy (non-hydrogen) atoms. The quantitative estimate of drug-likeness (QED) is 0.823. The van der Waals surface area contributed by atoms with E-state index in [4.69, 9.17) is 17.3 Å². The van der Waals surface area contributed by atoms with E-state index in [9.17, 15) is 4.79 Å². The van der Waals surface area contributed by atoms with Crippen molar-refractivity contribution < 1.29 is 4.79 Å². The molecule has 0 aromatic heterocycles. The van der Waals surface area contributed by atoms with Crippen LogP contribution in [-0.4, -0.2) is 12.5 Å². The van der Waals surface area contributed by atoms with Gasteiger partial charge in [0.1, 0.15) is 0 Å². The second-order valence-electron chi connectivity index (χ2n) is 5.43. The smallest absolute Gasteiger partial charge is 0.253 e. The van der Waals surface area contributed by atoms with Gasteiger partial charge < -0.3 is 11.1 Å². The Morgan fingerprint density at radius 3 is 2.72 bits per heavy atom. The zero-order chi connectivity index (χ0) is 13.3. The van der Waals surface area contributed by atoms with Gasteiger partial charge in [-0.15, -0.1) is 0 Å². The minimum atomic E-state index is -0.137. The minimum absolute atomic E-state index is 0.137. The first-order chi connectivity index (χ1) is 8.44. The molecule has 3 N–H and O–H groups in total. The highest BCUT2D eigenvalue weighted by Crippen LogP contribution is 2.51. The molecular formula is C14H19ClN2O. The van der Waals surface area contributed by atoms with E-state index in [0.717, 1.165) is 6.54 Å². The number of hydrogen-bond acceptors (Lipinski definition) is 2. The van der Waals surface area contributed by atoms with Crippen molar-refractivity contribution in [1.29, 1.82) is 0 Å². The van der Waals surface area contributed by atoms with Crippen molar-refractivity contribution in [3.05, 3.63) is 28.8 Å². The fourth-order valence-electron chi connectivity index (χ4n) is 2.20. The number of amides is 1. The number of carbonyl (C=O) groups is 1. The van der Waals surface area contributed by atoms with Crippen LogP contribution in [0.15, 0.2) is 18.2 Å². The first kappa shape index (κ1) is 13.2. The van der Waals surface area contributed by atoms with Crippen LogP contribution in [0, 0.1) is 11.3 Å². The van der Waals surface area contributed by atoms with Crippen LogP contribution in [0.5, 0.6) is 0 Å². The van der Waals surface area contributed by atoms with E-state index in [1.165, 1.54) is 12.8 Å². The molecule has 3 nitrogen and oxygen atoms in total. The first-order valence-electron chi connectivity index (χ1n) is 6.28. The van der Waals surface area contributed by atoms with Crippen LogP contribution in [-0.2, 0) is 0 Å². The maximum absolute atomic E-state index is 12.1. The second kappa shape index (κ2) is 4.81. The van der Waals surface area contributed by atoms with E-state index in [0.29, 0.717) is 27.6 Å². The number of nitrogens with two attached hydrogens (primary N) is 1. The number of rotatable bonds is 4. The van der Waals surface area contributed by atoms with Gasteiger partial charge in [-0.2, -0.15) is 0 Å². The van der Waals surface area contributed by atoms with Gasteiger partial charge in [-0.05, 0) is 42.4 Å². The molecule has 0 heterocycles. The van der Waals surface area contributed by atoms with Gasteiger partial charge in [0.15, 0.2) is 0 Å². The third-order valence-corrected chi connectivity index (χ3v) is 4.21. The Kier molecular flexibility index (Phi) is 3.53. The van der Waals surface area contributed by atoms with Crippen molar-refractivity contribution in [1.82, 2.24) is 5.32 Å². The van der Waals surface area contributed by atoms with E-state index >= 15 is 0 Å². The van der Waals surface area contributed by atoms with Gasteiger partial charge in [0.2, 0.25) is 0 Å². The van der Waals surface area contributed by atoms with Crippen molar-refractivity contribution in [3.8, 4) is 0 Å². The lowest BCUT2D eigenvalue weighted by atomic mass is 9.92. The normalized spacial score (nSPS) is 16.7. The molecular weight excluding hydrogens is 248 g/mol. The van der Waals surface area contributed by atoms with E-state index in [1.54, 1.807) is 18.2 Å². The molecule has 2 rings (SSSR count). The molecule has 1 amide bonds. The van der Waals surface area contributed by atoms with Crippen LogP contribution in [0.3, 0.4) is 0 Å². The van der Waals surface area contributed by atoms with Gasteiger partial charge in [0, 0.05) is 17.3 Å². The number of halogens is 1. The summed E-state index contributed by atoms with van der Waals surface area (Å²) in [5, 5.41) is 3.50. The Morgan fingerprint density at radius 1 is 1.50 bits per heavy atom. The van der Waals surface area contributed by atoms with Crippen LogP contribution in [0.2, 0.25) is 5.02 Å². The highest BCUT2D eigenvalue weighted by atomic mass is 35.5.